The minimum Gasteiger partial charge on any atom is -0.494 e. The summed E-state index contributed by atoms with van der Waals surface area (Å²) in [6.07, 6.45) is 0.891. The van der Waals surface area contributed by atoms with Gasteiger partial charge in [-0.1, -0.05) is 6.92 Å². The van der Waals surface area contributed by atoms with Crippen molar-refractivity contribution in [3.05, 3.63) is 52.0 Å². The average molecular weight is 355 g/mol. The molecule has 0 saturated carbocycles. The van der Waals surface area contributed by atoms with Crippen molar-refractivity contribution in [3.8, 4) is 5.75 Å². The van der Waals surface area contributed by atoms with Gasteiger partial charge in [-0.2, -0.15) is 5.10 Å². The number of carbonyl (C=O) groups excluding carboxylic acids is 1. The van der Waals surface area contributed by atoms with Crippen LogP contribution in [0, 0.1) is 6.92 Å². The Hall–Kier alpha value is -3.09. The zero-order valence-electron chi connectivity index (χ0n) is 15.0. The summed E-state index contributed by atoms with van der Waals surface area (Å²) in [6.45, 7) is 6.96. The zero-order chi connectivity index (χ0) is 18.7. The third-order valence-electron chi connectivity index (χ3n) is 3.85. The second kappa shape index (κ2) is 7.43. The molecule has 26 heavy (non-hydrogen) atoms. The summed E-state index contributed by atoms with van der Waals surface area (Å²) in [6, 6.07) is 8.07. The average Bonchev–Trinajstić information content (AvgIpc) is 2.93. The number of fused-ring (bicyclic) bond motifs is 1. The Morgan fingerprint density at radius 2 is 2.08 bits per heavy atom. The summed E-state index contributed by atoms with van der Waals surface area (Å²) in [5, 5.41) is 7.75. The van der Waals surface area contributed by atoms with Crippen LogP contribution in [0.15, 0.2) is 39.5 Å². The molecule has 0 aliphatic rings. The molecular weight excluding hydrogens is 334 g/mol. The van der Waals surface area contributed by atoms with Gasteiger partial charge in [0, 0.05) is 30.1 Å². The largest absolute Gasteiger partial charge is 0.494 e. The number of carbonyl (C=O) groups is 1. The standard InChI is InChI=1S/C19H21N3O4/c1-4-8-22-17(9-12(3)21-22)20-19(24)15-11-18(23)26-16-10-13(25-5-2)6-7-14(15)16/h6-7,9-11H,4-5,8H2,1-3H3,(H,20,24). The molecule has 1 N–H and O–H groups in total. The Labute approximate surface area is 150 Å². The molecule has 3 aromatic rings. The number of hydrogen-bond donors (Lipinski definition) is 1. The number of aryl methyl sites for hydroxylation is 2. The number of nitrogens with zero attached hydrogens (tertiary/aromatic N) is 2. The summed E-state index contributed by atoms with van der Waals surface area (Å²) < 4.78 is 12.4. The molecule has 0 aliphatic heterocycles. The van der Waals surface area contributed by atoms with Gasteiger partial charge in [0.05, 0.1) is 17.9 Å². The van der Waals surface area contributed by atoms with Crippen molar-refractivity contribution in [3.63, 3.8) is 0 Å². The van der Waals surface area contributed by atoms with E-state index in [-0.39, 0.29) is 11.5 Å². The normalized spacial score (nSPS) is 10.9. The van der Waals surface area contributed by atoms with E-state index in [4.69, 9.17) is 9.15 Å². The summed E-state index contributed by atoms with van der Waals surface area (Å²) in [7, 11) is 0. The highest BCUT2D eigenvalue weighted by atomic mass is 16.5. The maximum absolute atomic E-state index is 12.8. The third-order valence-corrected chi connectivity index (χ3v) is 3.85. The van der Waals surface area contributed by atoms with Crippen LogP contribution >= 0.6 is 0 Å². The molecular formula is C19H21N3O4. The molecule has 0 spiro atoms. The van der Waals surface area contributed by atoms with Crippen LogP contribution in [-0.4, -0.2) is 22.3 Å². The topological polar surface area (TPSA) is 86.4 Å². The van der Waals surface area contributed by atoms with Gasteiger partial charge in [0.15, 0.2) is 0 Å². The van der Waals surface area contributed by atoms with E-state index in [1.165, 1.54) is 6.07 Å². The van der Waals surface area contributed by atoms with E-state index < -0.39 is 5.63 Å². The Bertz CT molecular complexity index is 1000. The van der Waals surface area contributed by atoms with Gasteiger partial charge in [-0.25, -0.2) is 9.48 Å². The molecule has 0 atom stereocenters. The second-order valence-electron chi connectivity index (χ2n) is 5.92. The molecule has 2 heterocycles. The van der Waals surface area contributed by atoms with Gasteiger partial charge < -0.3 is 14.5 Å². The predicted molar refractivity (Wildman–Crippen MR) is 98.9 cm³/mol. The van der Waals surface area contributed by atoms with Gasteiger partial charge in [0.1, 0.15) is 17.2 Å². The number of hydrogen-bond acceptors (Lipinski definition) is 5. The molecule has 0 aliphatic carbocycles. The molecule has 3 rings (SSSR count). The fraction of sp³-hybridized carbons (Fsp3) is 0.316. The van der Waals surface area contributed by atoms with Crippen molar-refractivity contribution in [1.82, 2.24) is 9.78 Å². The highest BCUT2D eigenvalue weighted by molar-refractivity contribution is 6.11. The zero-order valence-corrected chi connectivity index (χ0v) is 15.0. The summed E-state index contributed by atoms with van der Waals surface area (Å²) in [5.41, 5.74) is 0.787. The van der Waals surface area contributed by atoms with Crippen LogP contribution in [0.5, 0.6) is 5.75 Å². The predicted octanol–water partition coefficient (Wildman–Crippen LogP) is 3.36. The van der Waals surface area contributed by atoms with Crippen LogP contribution in [-0.2, 0) is 6.54 Å². The first kappa shape index (κ1) is 17.7. The van der Waals surface area contributed by atoms with Crippen LogP contribution in [0.4, 0.5) is 5.82 Å². The Kier molecular flexibility index (Phi) is 5.06. The van der Waals surface area contributed by atoms with Crippen molar-refractivity contribution in [2.75, 3.05) is 11.9 Å². The first-order valence-corrected chi connectivity index (χ1v) is 8.58. The van der Waals surface area contributed by atoms with Crippen molar-refractivity contribution in [2.45, 2.75) is 33.7 Å². The van der Waals surface area contributed by atoms with E-state index in [9.17, 15) is 9.59 Å². The van der Waals surface area contributed by atoms with E-state index >= 15 is 0 Å². The lowest BCUT2D eigenvalue weighted by Crippen LogP contribution is -2.18. The first-order valence-electron chi connectivity index (χ1n) is 8.58. The van der Waals surface area contributed by atoms with Crippen molar-refractivity contribution >= 4 is 22.7 Å². The van der Waals surface area contributed by atoms with E-state index in [0.29, 0.717) is 35.7 Å². The number of aromatic nitrogens is 2. The fourth-order valence-electron chi connectivity index (χ4n) is 2.80. The lowest BCUT2D eigenvalue weighted by molar-refractivity contribution is 0.102. The number of nitrogens with one attached hydrogen (secondary N) is 1. The van der Waals surface area contributed by atoms with Crippen LogP contribution in [0.1, 0.15) is 36.3 Å². The Morgan fingerprint density at radius 1 is 1.27 bits per heavy atom. The molecule has 1 aromatic carbocycles. The number of benzene rings is 1. The maximum Gasteiger partial charge on any atom is 0.337 e. The minimum atomic E-state index is -0.588. The summed E-state index contributed by atoms with van der Waals surface area (Å²) >= 11 is 0. The van der Waals surface area contributed by atoms with E-state index in [0.717, 1.165) is 12.1 Å². The van der Waals surface area contributed by atoms with Crippen molar-refractivity contribution in [1.29, 1.82) is 0 Å². The highest BCUT2D eigenvalue weighted by Gasteiger charge is 2.16. The highest BCUT2D eigenvalue weighted by Crippen LogP contribution is 2.23. The van der Waals surface area contributed by atoms with Gasteiger partial charge in [-0.15, -0.1) is 0 Å². The minimum absolute atomic E-state index is 0.251. The molecule has 136 valence electrons. The molecule has 0 bridgehead atoms. The molecule has 7 heteroatoms. The maximum atomic E-state index is 12.8. The molecule has 1 amide bonds. The molecule has 7 nitrogen and oxygen atoms in total. The number of anilines is 1. The molecule has 2 aromatic heterocycles. The van der Waals surface area contributed by atoms with Gasteiger partial charge in [-0.3, -0.25) is 4.79 Å². The van der Waals surface area contributed by atoms with Crippen molar-refractivity contribution < 1.29 is 13.9 Å². The summed E-state index contributed by atoms with van der Waals surface area (Å²) in [5.74, 6) is 0.795. The number of ether oxygens (including phenoxy) is 1. The van der Waals surface area contributed by atoms with Crippen LogP contribution < -0.4 is 15.7 Å². The van der Waals surface area contributed by atoms with E-state index in [1.54, 1.807) is 28.9 Å². The number of rotatable bonds is 6. The van der Waals surface area contributed by atoms with Crippen LogP contribution in [0.3, 0.4) is 0 Å². The second-order valence-corrected chi connectivity index (χ2v) is 5.92. The van der Waals surface area contributed by atoms with Gasteiger partial charge >= 0.3 is 5.63 Å². The van der Waals surface area contributed by atoms with Gasteiger partial charge in [0.2, 0.25) is 0 Å². The summed E-state index contributed by atoms with van der Waals surface area (Å²) in [4.78, 5) is 24.7. The van der Waals surface area contributed by atoms with Gasteiger partial charge in [0.25, 0.3) is 5.91 Å². The lowest BCUT2D eigenvalue weighted by atomic mass is 10.1. The quantitative estimate of drug-likeness (QED) is 0.685. The van der Waals surface area contributed by atoms with E-state index in [1.807, 2.05) is 20.8 Å². The molecule has 0 radical (unpaired) electrons. The first-order chi connectivity index (χ1) is 12.5. The Morgan fingerprint density at radius 3 is 2.81 bits per heavy atom. The molecule has 0 fully saturated rings. The fourth-order valence-corrected chi connectivity index (χ4v) is 2.80. The molecule has 0 unspecified atom stereocenters. The Balaban J connectivity index is 1.99. The SMILES string of the molecule is CCCn1nc(C)cc1NC(=O)c1cc(=O)oc2cc(OCC)ccc12. The van der Waals surface area contributed by atoms with Crippen molar-refractivity contribution in [2.24, 2.45) is 0 Å². The smallest absolute Gasteiger partial charge is 0.337 e. The van der Waals surface area contributed by atoms with Gasteiger partial charge in [-0.05, 0) is 32.4 Å². The van der Waals surface area contributed by atoms with Crippen LogP contribution in [0.25, 0.3) is 11.0 Å². The third kappa shape index (κ3) is 3.61. The van der Waals surface area contributed by atoms with Crippen LogP contribution in [0.2, 0.25) is 0 Å². The lowest BCUT2D eigenvalue weighted by Gasteiger charge is -2.10. The number of amides is 1. The van der Waals surface area contributed by atoms with E-state index in [2.05, 4.69) is 10.4 Å². The monoisotopic (exact) mass is 355 g/mol. The molecule has 0 saturated heterocycles.